The largest absolute Gasteiger partial charge is 0.103 e. The van der Waals surface area contributed by atoms with Crippen molar-refractivity contribution in [2.24, 2.45) is 17.8 Å². The van der Waals surface area contributed by atoms with Crippen molar-refractivity contribution in [1.29, 1.82) is 0 Å². The van der Waals surface area contributed by atoms with E-state index in [4.69, 9.17) is 0 Å². The Labute approximate surface area is 122 Å². The monoisotopic (exact) mass is 276 g/mol. The number of allylic oxidation sites excluding steroid dienone is 2. The molecular formula is C18H32Si. The van der Waals surface area contributed by atoms with Gasteiger partial charge >= 0.3 is 0 Å². The van der Waals surface area contributed by atoms with Crippen LogP contribution >= 0.6 is 0 Å². The molecule has 0 unspecified atom stereocenters. The highest BCUT2D eigenvalue weighted by atomic mass is 28.2. The van der Waals surface area contributed by atoms with Crippen LogP contribution in [0.5, 0.6) is 0 Å². The molecule has 108 valence electrons. The molecule has 0 bridgehead atoms. The molecule has 0 atom stereocenters. The minimum Gasteiger partial charge on any atom is -0.103 e. The molecule has 2 saturated carbocycles. The maximum absolute atomic E-state index is 3.89. The van der Waals surface area contributed by atoms with E-state index in [1.807, 2.05) is 0 Å². The zero-order chi connectivity index (χ0) is 13.5. The second-order valence-electron chi connectivity index (χ2n) is 6.95. The van der Waals surface area contributed by atoms with Crippen LogP contribution < -0.4 is 0 Å². The molecule has 0 aliphatic heterocycles. The van der Waals surface area contributed by atoms with Gasteiger partial charge in [-0.25, -0.2) is 0 Å². The Morgan fingerprint density at radius 1 is 0.789 bits per heavy atom. The lowest BCUT2D eigenvalue weighted by atomic mass is 9.70. The molecule has 1 heteroatoms. The van der Waals surface area contributed by atoms with Crippen molar-refractivity contribution in [2.45, 2.75) is 69.4 Å². The van der Waals surface area contributed by atoms with Crippen LogP contribution in [0.2, 0.25) is 11.6 Å². The highest BCUT2D eigenvalue weighted by molar-refractivity contribution is 6.38. The van der Waals surface area contributed by atoms with Gasteiger partial charge in [-0.3, -0.25) is 0 Å². The van der Waals surface area contributed by atoms with Crippen LogP contribution in [0.4, 0.5) is 0 Å². The summed E-state index contributed by atoms with van der Waals surface area (Å²) in [4.78, 5) is 0. The molecule has 0 aromatic carbocycles. The Balaban J connectivity index is 1.67. The zero-order valence-corrected chi connectivity index (χ0v) is 14.1. The van der Waals surface area contributed by atoms with Crippen molar-refractivity contribution in [3.8, 4) is 0 Å². The van der Waals surface area contributed by atoms with Gasteiger partial charge in [0.25, 0.3) is 0 Å². The molecule has 19 heavy (non-hydrogen) atoms. The molecule has 0 aromatic heterocycles. The number of rotatable bonds is 6. The first kappa shape index (κ1) is 15.1. The molecule has 0 radical (unpaired) electrons. The summed E-state index contributed by atoms with van der Waals surface area (Å²) in [6.07, 6.45) is 17.7. The predicted molar refractivity (Wildman–Crippen MR) is 89.5 cm³/mol. The Bertz CT molecular complexity index is 267. The highest BCUT2D eigenvalue weighted by Gasteiger charge is 2.30. The summed E-state index contributed by atoms with van der Waals surface area (Å²) in [5.41, 5.74) is 1.14. The third-order valence-electron chi connectivity index (χ3n) is 5.73. The molecule has 0 saturated heterocycles. The lowest BCUT2D eigenvalue weighted by molar-refractivity contribution is 0.168. The van der Waals surface area contributed by atoms with E-state index in [0.717, 1.165) is 23.3 Å². The van der Waals surface area contributed by atoms with E-state index in [1.165, 1.54) is 38.1 Å². The van der Waals surface area contributed by atoms with E-state index in [9.17, 15) is 0 Å². The molecular weight excluding hydrogens is 244 g/mol. The van der Waals surface area contributed by atoms with Crippen LogP contribution in [0.25, 0.3) is 0 Å². The Hall–Kier alpha value is -0.303. The Morgan fingerprint density at radius 3 is 1.89 bits per heavy atom. The molecule has 2 fully saturated rings. The molecule has 2 rings (SSSR count). The van der Waals surface area contributed by atoms with E-state index in [1.54, 1.807) is 25.7 Å². The van der Waals surface area contributed by atoms with Gasteiger partial charge in [0.05, 0.1) is 0 Å². The fourth-order valence-electron chi connectivity index (χ4n) is 4.43. The van der Waals surface area contributed by atoms with E-state index in [-0.39, 0.29) is 9.52 Å². The van der Waals surface area contributed by atoms with Gasteiger partial charge in [-0.05, 0) is 55.9 Å². The van der Waals surface area contributed by atoms with E-state index >= 15 is 0 Å². The first-order valence-corrected chi connectivity index (χ1v) is 10.4. The maximum atomic E-state index is 3.89. The van der Waals surface area contributed by atoms with Crippen LogP contribution in [0.3, 0.4) is 0 Å². The Morgan fingerprint density at radius 2 is 1.37 bits per heavy atom. The average molecular weight is 277 g/mol. The van der Waals surface area contributed by atoms with E-state index in [2.05, 4.69) is 25.3 Å². The van der Waals surface area contributed by atoms with Crippen molar-refractivity contribution in [3.05, 3.63) is 25.3 Å². The summed E-state index contributed by atoms with van der Waals surface area (Å²) in [6.45, 7) is 7.78. The smallest absolute Gasteiger partial charge is 0.0272 e. The topological polar surface area (TPSA) is 0 Å². The summed E-state index contributed by atoms with van der Waals surface area (Å²) in [5, 5.41) is 0. The normalized spacial score (nSPS) is 36.4. The summed E-state index contributed by atoms with van der Waals surface area (Å²) in [5.74, 6) is 3.12. The third kappa shape index (κ3) is 4.63. The summed E-state index contributed by atoms with van der Waals surface area (Å²) in [7, 11) is 0.170. The van der Waals surface area contributed by atoms with Crippen molar-refractivity contribution >= 4 is 9.52 Å². The molecule has 0 aromatic rings. The van der Waals surface area contributed by atoms with Gasteiger partial charge in [0.2, 0.25) is 0 Å². The molecule has 0 nitrogen and oxygen atoms in total. The quantitative estimate of drug-likeness (QED) is 0.466. The van der Waals surface area contributed by atoms with E-state index in [0.29, 0.717) is 0 Å². The third-order valence-corrected chi connectivity index (χ3v) is 8.10. The molecule has 2 aliphatic rings. The molecule has 2 aliphatic carbocycles. The lowest BCUT2D eigenvalue weighted by Crippen LogP contribution is -2.25. The summed E-state index contributed by atoms with van der Waals surface area (Å²) in [6, 6.07) is 1.36. The second kappa shape index (κ2) is 8.09. The molecule has 0 heterocycles. The van der Waals surface area contributed by atoms with E-state index < -0.39 is 0 Å². The van der Waals surface area contributed by atoms with Gasteiger partial charge in [-0.1, -0.05) is 43.4 Å². The van der Waals surface area contributed by atoms with Crippen LogP contribution in [-0.4, -0.2) is 9.52 Å². The summed E-state index contributed by atoms with van der Waals surface area (Å²) < 4.78 is 0. The second-order valence-corrected chi connectivity index (χ2v) is 9.26. The SMILES string of the molecule is C=CC[SiH2][C@H]1CC[C@H]([C@H]2CC[C@H](CC=C)CC2)CC1. The van der Waals surface area contributed by atoms with Crippen LogP contribution in [0.1, 0.15) is 57.8 Å². The minimum atomic E-state index is 0.170. The first-order chi connectivity index (χ1) is 9.33. The first-order valence-electron chi connectivity index (χ1n) is 8.55. The van der Waals surface area contributed by atoms with Gasteiger partial charge < -0.3 is 0 Å². The molecule has 0 N–H and O–H groups in total. The van der Waals surface area contributed by atoms with Gasteiger partial charge in [0.15, 0.2) is 0 Å². The van der Waals surface area contributed by atoms with Crippen LogP contribution in [-0.2, 0) is 0 Å². The van der Waals surface area contributed by atoms with Crippen LogP contribution in [0.15, 0.2) is 25.3 Å². The summed E-state index contributed by atoms with van der Waals surface area (Å²) >= 11 is 0. The van der Waals surface area contributed by atoms with Crippen molar-refractivity contribution in [3.63, 3.8) is 0 Å². The molecule has 0 spiro atoms. The number of hydrogen-bond donors (Lipinski definition) is 0. The Kier molecular flexibility index (Phi) is 6.43. The minimum absolute atomic E-state index is 0.170. The van der Waals surface area contributed by atoms with Crippen molar-refractivity contribution in [2.75, 3.05) is 0 Å². The zero-order valence-electron chi connectivity index (χ0n) is 12.7. The molecule has 0 amide bonds. The maximum Gasteiger partial charge on any atom is 0.0272 e. The lowest BCUT2D eigenvalue weighted by Gasteiger charge is -2.37. The van der Waals surface area contributed by atoms with Gasteiger partial charge in [-0.15, -0.1) is 13.2 Å². The highest BCUT2D eigenvalue weighted by Crippen LogP contribution is 2.43. The van der Waals surface area contributed by atoms with Gasteiger partial charge in [0.1, 0.15) is 0 Å². The fourth-order valence-corrected chi connectivity index (χ4v) is 6.19. The number of hydrogen-bond acceptors (Lipinski definition) is 0. The standard InChI is InChI=1S/C18H32Si/c1-3-5-15-6-8-16(9-7-15)17-10-12-18(13-11-17)19-14-4-2/h3-4,15-18H,1-2,5-14,19H2/t15-,16-,17-,18-. The van der Waals surface area contributed by atoms with Crippen molar-refractivity contribution < 1.29 is 0 Å². The van der Waals surface area contributed by atoms with Crippen LogP contribution in [0, 0.1) is 17.8 Å². The average Bonchev–Trinajstić information content (AvgIpc) is 2.47. The van der Waals surface area contributed by atoms with Gasteiger partial charge in [0, 0.05) is 9.52 Å². The fraction of sp³-hybridized carbons (Fsp3) is 0.778. The van der Waals surface area contributed by atoms with Gasteiger partial charge in [-0.2, -0.15) is 0 Å². The predicted octanol–water partition coefficient (Wildman–Crippen LogP) is 5.12. The van der Waals surface area contributed by atoms with Crippen molar-refractivity contribution in [1.82, 2.24) is 0 Å².